The molecule has 0 saturated carbocycles. The highest BCUT2D eigenvalue weighted by Gasteiger charge is 2.21. The van der Waals surface area contributed by atoms with Crippen LogP contribution in [0.5, 0.6) is 0 Å². The summed E-state index contributed by atoms with van der Waals surface area (Å²) < 4.78 is 4.88. The highest BCUT2D eigenvalue weighted by atomic mass is 16.5. The highest BCUT2D eigenvalue weighted by molar-refractivity contribution is 4.75. The number of aliphatic hydroxyl groups is 1. The molecule has 1 heterocycles. The maximum atomic E-state index is 9.45. The van der Waals surface area contributed by atoms with E-state index in [1.54, 1.807) is 7.11 Å². The molecule has 0 bridgehead atoms. The first-order valence-corrected chi connectivity index (χ1v) is 4.58. The lowest BCUT2D eigenvalue weighted by Gasteiger charge is -2.14. The molecule has 1 aliphatic heterocycles. The van der Waals surface area contributed by atoms with Gasteiger partial charge in [-0.2, -0.15) is 0 Å². The van der Waals surface area contributed by atoms with Crippen LogP contribution in [0.3, 0.4) is 0 Å². The SMILES string of the molecule is COC[C@H](O)CC1CCN(C)C1. The van der Waals surface area contributed by atoms with Gasteiger partial charge in [-0.25, -0.2) is 0 Å². The van der Waals surface area contributed by atoms with E-state index in [2.05, 4.69) is 11.9 Å². The van der Waals surface area contributed by atoms with E-state index < -0.39 is 0 Å². The van der Waals surface area contributed by atoms with Gasteiger partial charge in [0.2, 0.25) is 0 Å². The average molecular weight is 173 g/mol. The Kier molecular flexibility index (Phi) is 3.98. The van der Waals surface area contributed by atoms with E-state index in [1.165, 1.54) is 13.0 Å². The van der Waals surface area contributed by atoms with Gasteiger partial charge in [0.15, 0.2) is 0 Å². The fourth-order valence-corrected chi connectivity index (χ4v) is 1.86. The molecule has 0 amide bonds. The Morgan fingerprint density at radius 3 is 2.92 bits per heavy atom. The van der Waals surface area contributed by atoms with Gasteiger partial charge >= 0.3 is 0 Å². The van der Waals surface area contributed by atoms with Crippen LogP contribution >= 0.6 is 0 Å². The summed E-state index contributed by atoms with van der Waals surface area (Å²) >= 11 is 0. The van der Waals surface area contributed by atoms with Crippen molar-refractivity contribution < 1.29 is 9.84 Å². The quantitative estimate of drug-likeness (QED) is 0.665. The number of nitrogens with zero attached hydrogens (tertiary/aromatic N) is 1. The van der Waals surface area contributed by atoms with Crippen LogP contribution in [-0.4, -0.2) is 50.0 Å². The summed E-state index contributed by atoms with van der Waals surface area (Å²) in [5, 5.41) is 9.45. The lowest BCUT2D eigenvalue weighted by molar-refractivity contribution is 0.0492. The van der Waals surface area contributed by atoms with Crippen LogP contribution in [-0.2, 0) is 4.74 Å². The number of aliphatic hydroxyl groups excluding tert-OH is 1. The number of ether oxygens (including phenoxy) is 1. The molecule has 72 valence electrons. The summed E-state index contributed by atoms with van der Waals surface area (Å²) in [6, 6.07) is 0. The van der Waals surface area contributed by atoms with Gasteiger partial charge in [-0.15, -0.1) is 0 Å². The van der Waals surface area contributed by atoms with Gasteiger partial charge in [0, 0.05) is 13.7 Å². The van der Waals surface area contributed by atoms with Gasteiger partial charge in [0.1, 0.15) is 0 Å². The van der Waals surface area contributed by atoms with Crippen LogP contribution < -0.4 is 0 Å². The lowest BCUT2D eigenvalue weighted by Crippen LogP contribution is -2.21. The van der Waals surface area contributed by atoms with Gasteiger partial charge in [-0.05, 0) is 32.4 Å². The molecule has 0 spiro atoms. The molecule has 1 saturated heterocycles. The second-order valence-corrected chi connectivity index (χ2v) is 3.76. The van der Waals surface area contributed by atoms with E-state index in [0.29, 0.717) is 12.5 Å². The summed E-state index contributed by atoms with van der Waals surface area (Å²) in [6.07, 6.45) is 1.83. The summed E-state index contributed by atoms with van der Waals surface area (Å²) in [6.45, 7) is 2.77. The van der Waals surface area contributed by atoms with Gasteiger partial charge < -0.3 is 14.7 Å². The third-order valence-electron chi connectivity index (χ3n) is 2.45. The van der Waals surface area contributed by atoms with Crippen LogP contribution in [0.25, 0.3) is 0 Å². The monoisotopic (exact) mass is 173 g/mol. The molecule has 12 heavy (non-hydrogen) atoms. The Morgan fingerprint density at radius 2 is 2.42 bits per heavy atom. The molecule has 0 radical (unpaired) electrons. The van der Waals surface area contributed by atoms with Crippen LogP contribution in [0.1, 0.15) is 12.8 Å². The zero-order valence-electron chi connectivity index (χ0n) is 7.99. The summed E-state index contributed by atoms with van der Waals surface area (Å²) in [5.41, 5.74) is 0. The molecule has 1 rings (SSSR count). The Balaban J connectivity index is 2.14. The predicted molar refractivity (Wildman–Crippen MR) is 48.1 cm³/mol. The highest BCUT2D eigenvalue weighted by Crippen LogP contribution is 2.19. The van der Waals surface area contributed by atoms with Crippen molar-refractivity contribution in [1.29, 1.82) is 0 Å². The van der Waals surface area contributed by atoms with Crippen LogP contribution in [0.4, 0.5) is 0 Å². The maximum Gasteiger partial charge on any atom is 0.0776 e. The minimum absolute atomic E-state index is 0.272. The smallest absolute Gasteiger partial charge is 0.0776 e. The van der Waals surface area contributed by atoms with Crippen molar-refractivity contribution in [2.24, 2.45) is 5.92 Å². The molecule has 1 fully saturated rings. The molecular formula is C9H19NO2. The van der Waals surface area contributed by atoms with Crippen molar-refractivity contribution in [1.82, 2.24) is 4.90 Å². The third-order valence-corrected chi connectivity index (χ3v) is 2.45. The summed E-state index contributed by atoms with van der Waals surface area (Å²) in [5.74, 6) is 0.667. The molecule has 0 aromatic heterocycles. The fourth-order valence-electron chi connectivity index (χ4n) is 1.86. The molecule has 2 atom stereocenters. The number of hydrogen-bond acceptors (Lipinski definition) is 3. The topological polar surface area (TPSA) is 32.7 Å². The molecule has 1 unspecified atom stereocenters. The van der Waals surface area contributed by atoms with Crippen molar-refractivity contribution in [3.05, 3.63) is 0 Å². The van der Waals surface area contributed by atoms with Crippen LogP contribution in [0.15, 0.2) is 0 Å². The van der Waals surface area contributed by atoms with Gasteiger partial charge in [0.05, 0.1) is 12.7 Å². The van der Waals surface area contributed by atoms with E-state index in [9.17, 15) is 5.11 Å². The van der Waals surface area contributed by atoms with E-state index >= 15 is 0 Å². The van der Waals surface area contributed by atoms with E-state index in [4.69, 9.17) is 4.74 Å². The summed E-state index contributed by atoms with van der Waals surface area (Å²) in [7, 11) is 3.76. The van der Waals surface area contributed by atoms with Crippen LogP contribution in [0, 0.1) is 5.92 Å². The first-order chi connectivity index (χ1) is 5.72. The summed E-state index contributed by atoms with van der Waals surface area (Å²) in [4.78, 5) is 2.31. The molecule has 1 aliphatic rings. The number of likely N-dealkylation sites (tertiary alicyclic amines) is 1. The van der Waals surface area contributed by atoms with Gasteiger partial charge in [0.25, 0.3) is 0 Å². The van der Waals surface area contributed by atoms with Crippen molar-refractivity contribution in [3.63, 3.8) is 0 Å². The van der Waals surface area contributed by atoms with Gasteiger partial charge in [-0.1, -0.05) is 0 Å². The lowest BCUT2D eigenvalue weighted by atomic mass is 10.0. The minimum atomic E-state index is -0.272. The van der Waals surface area contributed by atoms with Crippen molar-refractivity contribution >= 4 is 0 Å². The fraction of sp³-hybridized carbons (Fsp3) is 1.00. The van der Waals surface area contributed by atoms with E-state index in [0.717, 1.165) is 13.0 Å². The second kappa shape index (κ2) is 4.80. The van der Waals surface area contributed by atoms with E-state index in [1.807, 2.05) is 0 Å². The third kappa shape index (κ3) is 3.09. The maximum absolute atomic E-state index is 9.45. The van der Waals surface area contributed by atoms with Crippen molar-refractivity contribution in [2.75, 3.05) is 33.9 Å². The van der Waals surface area contributed by atoms with E-state index in [-0.39, 0.29) is 6.10 Å². The Labute approximate surface area is 74.3 Å². The molecule has 0 aromatic carbocycles. The van der Waals surface area contributed by atoms with Crippen molar-refractivity contribution in [2.45, 2.75) is 18.9 Å². The first-order valence-electron chi connectivity index (χ1n) is 4.58. The number of methoxy groups -OCH3 is 1. The zero-order chi connectivity index (χ0) is 8.97. The minimum Gasteiger partial charge on any atom is -0.391 e. The normalized spacial score (nSPS) is 27.8. The van der Waals surface area contributed by atoms with Gasteiger partial charge in [-0.3, -0.25) is 0 Å². The largest absolute Gasteiger partial charge is 0.391 e. The standard InChI is InChI=1S/C9H19NO2/c1-10-4-3-8(6-10)5-9(11)7-12-2/h8-9,11H,3-7H2,1-2H3/t8?,9-/m1/s1. The Hall–Kier alpha value is -0.120. The second-order valence-electron chi connectivity index (χ2n) is 3.76. The molecular weight excluding hydrogens is 154 g/mol. The predicted octanol–water partition coefficient (Wildman–Crippen LogP) is 0.336. The Bertz CT molecular complexity index is 130. The molecule has 3 heteroatoms. The molecule has 0 aromatic rings. The zero-order valence-corrected chi connectivity index (χ0v) is 7.99. The molecule has 0 aliphatic carbocycles. The molecule has 1 N–H and O–H groups in total. The van der Waals surface area contributed by atoms with Crippen LogP contribution in [0.2, 0.25) is 0 Å². The Morgan fingerprint density at radius 1 is 1.67 bits per heavy atom. The average Bonchev–Trinajstić information content (AvgIpc) is 2.36. The number of rotatable bonds is 4. The van der Waals surface area contributed by atoms with Crippen molar-refractivity contribution in [3.8, 4) is 0 Å². The molecule has 3 nitrogen and oxygen atoms in total. The first kappa shape index (κ1) is 9.96. The number of hydrogen-bond donors (Lipinski definition) is 1.